The number of rotatable bonds is 6. The molecule has 1 atom stereocenters. The zero-order valence-corrected chi connectivity index (χ0v) is 18.4. The van der Waals surface area contributed by atoms with Crippen LogP contribution in [0.4, 0.5) is 21.7 Å². The van der Waals surface area contributed by atoms with E-state index in [-0.39, 0.29) is 0 Å². The van der Waals surface area contributed by atoms with E-state index in [4.69, 9.17) is 0 Å². The Kier molecular flexibility index (Phi) is 5.89. The molecule has 7 nitrogen and oxygen atoms in total. The summed E-state index contributed by atoms with van der Waals surface area (Å²) >= 11 is 0. The fourth-order valence-corrected chi connectivity index (χ4v) is 3.64. The second-order valence-corrected chi connectivity index (χ2v) is 7.78. The van der Waals surface area contributed by atoms with E-state index in [0.717, 1.165) is 11.1 Å². The minimum atomic E-state index is -1.74. The lowest BCUT2D eigenvalue weighted by atomic mass is 10.1. The van der Waals surface area contributed by atoms with Gasteiger partial charge in [-0.1, -0.05) is 54.6 Å². The summed E-state index contributed by atoms with van der Waals surface area (Å²) < 4.78 is 16.1. The summed E-state index contributed by atoms with van der Waals surface area (Å²) in [6, 6.07) is 28.5. The zero-order valence-electron chi connectivity index (χ0n) is 18.4. The molecule has 2 N–H and O–H groups in total. The molecule has 0 saturated carbocycles. The summed E-state index contributed by atoms with van der Waals surface area (Å²) in [6.45, 7) is 0. The van der Waals surface area contributed by atoms with Crippen molar-refractivity contribution < 1.29 is 9.18 Å². The second kappa shape index (κ2) is 9.45. The number of alkyl halides is 1. The first-order chi connectivity index (χ1) is 17.1. The molecule has 2 heterocycles. The van der Waals surface area contributed by atoms with Crippen molar-refractivity contribution in [3.63, 3.8) is 0 Å². The summed E-state index contributed by atoms with van der Waals surface area (Å²) in [4.78, 5) is 16.7. The van der Waals surface area contributed by atoms with Crippen LogP contribution in [0.25, 0.3) is 16.8 Å². The number of hydrogen-bond acceptors (Lipinski definition) is 5. The molecule has 1 amide bonds. The maximum atomic E-state index is 14.4. The van der Waals surface area contributed by atoms with Gasteiger partial charge >= 0.3 is 0 Å². The lowest BCUT2D eigenvalue weighted by Crippen LogP contribution is -2.17. The van der Waals surface area contributed by atoms with Crippen molar-refractivity contribution >= 4 is 28.9 Å². The maximum absolute atomic E-state index is 14.4. The summed E-state index contributed by atoms with van der Waals surface area (Å²) in [5.41, 5.74) is 4.37. The fraction of sp³-hybridized carbons (Fsp3) is 0.0370. The number of fused-ring (bicyclic) bond motifs is 1. The molecule has 0 bridgehead atoms. The second-order valence-electron chi connectivity index (χ2n) is 7.78. The highest BCUT2D eigenvalue weighted by atomic mass is 19.1. The first kappa shape index (κ1) is 21.8. The molecule has 0 radical (unpaired) electrons. The maximum Gasteiger partial charge on any atom is 0.263 e. The van der Waals surface area contributed by atoms with Gasteiger partial charge in [0.15, 0.2) is 5.65 Å². The predicted octanol–water partition coefficient (Wildman–Crippen LogP) is 5.66. The highest BCUT2D eigenvalue weighted by molar-refractivity contribution is 5.95. The van der Waals surface area contributed by atoms with E-state index >= 15 is 0 Å². The number of nitrogens with zero attached hydrogens (tertiary/aromatic N) is 4. The Morgan fingerprint density at radius 2 is 1.63 bits per heavy atom. The van der Waals surface area contributed by atoms with Crippen LogP contribution in [-0.4, -0.2) is 20.5 Å². The lowest BCUT2D eigenvalue weighted by Gasteiger charge is -2.10. The highest BCUT2D eigenvalue weighted by Crippen LogP contribution is 2.25. The number of aromatic nitrogens is 3. The molecular weight excluding hydrogens is 443 g/mol. The van der Waals surface area contributed by atoms with Crippen LogP contribution in [0.15, 0.2) is 97.2 Å². The van der Waals surface area contributed by atoms with Crippen molar-refractivity contribution in [3.8, 4) is 17.2 Å². The van der Waals surface area contributed by atoms with Gasteiger partial charge in [0.2, 0.25) is 12.1 Å². The van der Waals surface area contributed by atoms with Crippen LogP contribution in [0.5, 0.6) is 0 Å². The molecule has 0 fully saturated rings. The third kappa shape index (κ3) is 4.70. The van der Waals surface area contributed by atoms with E-state index in [2.05, 4.69) is 26.8 Å². The summed E-state index contributed by atoms with van der Waals surface area (Å²) in [5, 5.41) is 19.4. The molecule has 0 saturated heterocycles. The SMILES string of the molecule is N#Cc1ccccc1Nc1nc2ccc(-c3ccc(NC(=O)C(F)c4ccccc4)cc3)cn2n1. The number of halogens is 1. The van der Waals surface area contributed by atoms with Gasteiger partial charge in [0.1, 0.15) is 6.07 Å². The van der Waals surface area contributed by atoms with Crippen molar-refractivity contribution in [2.24, 2.45) is 0 Å². The molecule has 0 aliphatic heterocycles. The van der Waals surface area contributed by atoms with Crippen LogP contribution >= 0.6 is 0 Å². The molecule has 0 aliphatic rings. The summed E-state index contributed by atoms with van der Waals surface area (Å²) in [6.07, 6.45) is 0.0955. The number of anilines is 3. The van der Waals surface area contributed by atoms with Crippen LogP contribution < -0.4 is 10.6 Å². The van der Waals surface area contributed by atoms with Gasteiger partial charge in [0, 0.05) is 17.4 Å². The number of pyridine rings is 1. The van der Waals surface area contributed by atoms with Gasteiger partial charge in [0.25, 0.3) is 5.91 Å². The average Bonchev–Trinajstić information content (AvgIpc) is 3.31. The van der Waals surface area contributed by atoms with Gasteiger partial charge in [0.05, 0.1) is 11.3 Å². The molecule has 5 rings (SSSR count). The van der Waals surface area contributed by atoms with Gasteiger partial charge < -0.3 is 10.6 Å². The smallest absolute Gasteiger partial charge is 0.263 e. The third-order valence-corrected chi connectivity index (χ3v) is 5.43. The minimum Gasteiger partial charge on any atom is -0.323 e. The van der Waals surface area contributed by atoms with E-state index in [1.807, 2.05) is 36.5 Å². The van der Waals surface area contributed by atoms with Crippen LogP contribution in [0.2, 0.25) is 0 Å². The zero-order chi connectivity index (χ0) is 24.2. The first-order valence-electron chi connectivity index (χ1n) is 10.8. The van der Waals surface area contributed by atoms with Crippen LogP contribution in [0, 0.1) is 11.3 Å². The third-order valence-electron chi connectivity index (χ3n) is 5.43. The largest absolute Gasteiger partial charge is 0.323 e. The van der Waals surface area contributed by atoms with Gasteiger partial charge in [-0.15, -0.1) is 5.10 Å². The number of benzene rings is 3. The summed E-state index contributed by atoms with van der Waals surface area (Å²) in [5.74, 6) is -0.340. The van der Waals surface area contributed by atoms with E-state index in [1.165, 1.54) is 0 Å². The number of para-hydroxylation sites is 1. The Balaban J connectivity index is 1.31. The van der Waals surface area contributed by atoms with E-state index in [0.29, 0.717) is 34.1 Å². The molecule has 35 heavy (non-hydrogen) atoms. The molecule has 0 spiro atoms. The molecule has 5 aromatic rings. The van der Waals surface area contributed by atoms with E-state index in [1.54, 1.807) is 65.2 Å². The van der Waals surface area contributed by atoms with Gasteiger partial charge in [-0.25, -0.2) is 8.91 Å². The quantitative estimate of drug-likeness (QED) is 0.339. The molecule has 8 heteroatoms. The average molecular weight is 462 g/mol. The van der Waals surface area contributed by atoms with Crippen molar-refractivity contribution in [1.82, 2.24) is 14.6 Å². The summed E-state index contributed by atoms with van der Waals surface area (Å²) in [7, 11) is 0. The van der Waals surface area contributed by atoms with Gasteiger partial charge in [-0.2, -0.15) is 10.2 Å². The Bertz CT molecular complexity index is 1540. The van der Waals surface area contributed by atoms with E-state index in [9.17, 15) is 14.4 Å². The Morgan fingerprint density at radius 3 is 2.40 bits per heavy atom. The highest BCUT2D eigenvalue weighted by Gasteiger charge is 2.19. The predicted molar refractivity (Wildman–Crippen MR) is 132 cm³/mol. The number of carbonyl (C=O) groups is 1. The topological polar surface area (TPSA) is 95.1 Å². The van der Waals surface area contributed by atoms with Gasteiger partial charge in [-0.3, -0.25) is 4.79 Å². The number of amides is 1. The number of nitriles is 1. The first-order valence-corrected chi connectivity index (χ1v) is 10.8. The number of hydrogen-bond donors (Lipinski definition) is 2. The Morgan fingerprint density at radius 1 is 0.914 bits per heavy atom. The standard InChI is InChI=1S/C27H19FN6O/c28-25(19-6-2-1-3-7-19)26(35)30-22-13-10-18(11-14-22)21-12-15-24-32-27(33-34(24)17-21)31-23-9-5-4-8-20(23)16-29/h1-15,17,25H,(H,30,35)(H,31,33). The lowest BCUT2D eigenvalue weighted by molar-refractivity contribution is -0.121. The molecule has 0 aliphatic carbocycles. The van der Waals surface area contributed by atoms with Crippen molar-refractivity contribution in [2.75, 3.05) is 10.6 Å². The molecule has 2 aromatic heterocycles. The molecule has 170 valence electrons. The number of carbonyl (C=O) groups excluding carboxylic acids is 1. The Hall–Kier alpha value is -5.03. The fourth-order valence-electron chi connectivity index (χ4n) is 3.64. The number of nitrogens with one attached hydrogen (secondary N) is 2. The van der Waals surface area contributed by atoms with E-state index < -0.39 is 12.1 Å². The minimum absolute atomic E-state index is 0.313. The van der Waals surface area contributed by atoms with Crippen molar-refractivity contribution in [1.29, 1.82) is 5.26 Å². The van der Waals surface area contributed by atoms with Crippen molar-refractivity contribution in [3.05, 3.63) is 108 Å². The van der Waals surface area contributed by atoms with Crippen LogP contribution in [0.3, 0.4) is 0 Å². The van der Waals surface area contributed by atoms with Crippen LogP contribution in [0.1, 0.15) is 17.3 Å². The normalized spacial score (nSPS) is 11.5. The monoisotopic (exact) mass is 462 g/mol. The Labute approximate surface area is 200 Å². The van der Waals surface area contributed by atoms with Crippen LogP contribution in [-0.2, 0) is 4.79 Å². The van der Waals surface area contributed by atoms with Gasteiger partial charge in [-0.05, 0) is 47.5 Å². The molecule has 1 unspecified atom stereocenters. The van der Waals surface area contributed by atoms with Crippen molar-refractivity contribution in [2.45, 2.75) is 6.17 Å². The molecule has 3 aromatic carbocycles. The molecular formula is C27H19FN6O.